The van der Waals surface area contributed by atoms with Gasteiger partial charge in [-0.2, -0.15) is 0 Å². The highest BCUT2D eigenvalue weighted by Gasteiger charge is 2.62. The smallest absolute Gasteiger partial charge is 0.319 e. The van der Waals surface area contributed by atoms with E-state index in [0.29, 0.717) is 5.92 Å². The molecule has 0 aromatic rings. The van der Waals surface area contributed by atoms with E-state index in [-0.39, 0.29) is 15.5 Å². The van der Waals surface area contributed by atoms with Crippen molar-refractivity contribution in [1.29, 1.82) is 0 Å². The van der Waals surface area contributed by atoms with Gasteiger partial charge in [0.1, 0.15) is 9.53 Å². The average Bonchev–Trinajstić information content (AvgIpc) is 2.64. The topological polar surface area (TPSA) is 26.3 Å². The third-order valence-corrected chi connectivity index (χ3v) is 6.85. The first-order valence-corrected chi connectivity index (χ1v) is 8.16. The van der Waals surface area contributed by atoms with Crippen LogP contribution in [0.3, 0.4) is 0 Å². The molecular formula is C14H21IO2. The highest BCUT2D eigenvalue weighted by molar-refractivity contribution is 14.1. The molecule has 0 saturated heterocycles. The maximum atomic E-state index is 12.0. The zero-order chi connectivity index (χ0) is 12.2. The van der Waals surface area contributed by atoms with E-state index in [1.807, 2.05) is 6.92 Å². The Hall–Kier alpha value is 0.200. The van der Waals surface area contributed by atoms with E-state index in [1.165, 1.54) is 19.3 Å². The number of hydrogen-bond acceptors (Lipinski definition) is 2. The van der Waals surface area contributed by atoms with Crippen LogP contribution in [0.1, 0.15) is 46.0 Å². The van der Waals surface area contributed by atoms with Crippen LogP contribution in [0.2, 0.25) is 0 Å². The Morgan fingerprint density at radius 1 is 1.47 bits per heavy atom. The molecule has 3 rings (SSSR count). The van der Waals surface area contributed by atoms with Crippen LogP contribution in [0, 0.1) is 23.7 Å². The van der Waals surface area contributed by atoms with Crippen LogP contribution < -0.4 is 0 Å². The Morgan fingerprint density at radius 2 is 2.18 bits per heavy atom. The molecule has 3 heteroatoms. The summed E-state index contributed by atoms with van der Waals surface area (Å²) in [5.41, 5.74) is -0.137. The second-order valence-corrected chi connectivity index (χ2v) is 7.82. The van der Waals surface area contributed by atoms with Gasteiger partial charge in [-0.05, 0) is 56.8 Å². The van der Waals surface area contributed by atoms with E-state index in [0.717, 1.165) is 30.6 Å². The van der Waals surface area contributed by atoms with Gasteiger partial charge in [0.25, 0.3) is 0 Å². The summed E-state index contributed by atoms with van der Waals surface area (Å²) in [6.07, 6.45) is 6.12. The van der Waals surface area contributed by atoms with Crippen LogP contribution >= 0.6 is 22.6 Å². The lowest BCUT2D eigenvalue weighted by Gasteiger charge is -2.48. The Labute approximate surface area is 117 Å². The number of halogens is 1. The first-order chi connectivity index (χ1) is 8.05. The fourth-order valence-corrected chi connectivity index (χ4v) is 4.63. The van der Waals surface area contributed by atoms with Gasteiger partial charge < -0.3 is 4.74 Å². The van der Waals surface area contributed by atoms with Gasteiger partial charge in [0, 0.05) is 5.92 Å². The van der Waals surface area contributed by atoms with Crippen molar-refractivity contribution in [3.05, 3.63) is 0 Å². The van der Waals surface area contributed by atoms with Crippen molar-refractivity contribution in [3.8, 4) is 0 Å². The summed E-state index contributed by atoms with van der Waals surface area (Å²) in [4.78, 5) is 12.0. The van der Waals surface area contributed by atoms with E-state index in [9.17, 15) is 4.79 Å². The van der Waals surface area contributed by atoms with Gasteiger partial charge in [-0.15, -0.1) is 0 Å². The number of carbonyl (C=O) groups is 1. The van der Waals surface area contributed by atoms with E-state index >= 15 is 0 Å². The molecule has 17 heavy (non-hydrogen) atoms. The molecule has 96 valence electrons. The van der Waals surface area contributed by atoms with Gasteiger partial charge in [-0.25, -0.2) is 0 Å². The lowest BCUT2D eigenvalue weighted by Crippen LogP contribution is -2.48. The first kappa shape index (κ1) is 12.2. The molecule has 2 nitrogen and oxygen atoms in total. The SMILES string of the molecule is CCC(I)C(=O)OC1(C)CC2CC1C1CCC21. The normalized spacial score (nSPS) is 48.4. The monoisotopic (exact) mass is 348 g/mol. The molecule has 3 aliphatic carbocycles. The van der Waals surface area contributed by atoms with Crippen molar-refractivity contribution < 1.29 is 9.53 Å². The van der Waals surface area contributed by atoms with Gasteiger partial charge in [0.2, 0.25) is 0 Å². The molecule has 0 aromatic heterocycles. The van der Waals surface area contributed by atoms with Crippen molar-refractivity contribution in [3.63, 3.8) is 0 Å². The summed E-state index contributed by atoms with van der Waals surface area (Å²) in [7, 11) is 0. The quantitative estimate of drug-likeness (QED) is 0.443. The van der Waals surface area contributed by atoms with E-state index in [4.69, 9.17) is 4.74 Å². The molecule has 0 spiro atoms. The highest BCUT2D eigenvalue weighted by Crippen LogP contribution is 2.65. The summed E-state index contributed by atoms with van der Waals surface area (Å²) >= 11 is 2.20. The fraction of sp³-hybridized carbons (Fsp3) is 0.929. The van der Waals surface area contributed by atoms with Crippen molar-refractivity contribution in [2.45, 2.75) is 55.5 Å². The summed E-state index contributed by atoms with van der Waals surface area (Å²) in [6.45, 7) is 4.23. The zero-order valence-corrected chi connectivity index (χ0v) is 12.8. The van der Waals surface area contributed by atoms with E-state index in [1.54, 1.807) is 0 Å². The maximum Gasteiger partial charge on any atom is 0.319 e. The maximum absolute atomic E-state index is 12.0. The molecule has 0 heterocycles. The molecule has 6 atom stereocenters. The summed E-state index contributed by atoms with van der Waals surface area (Å²) in [5, 5.41) is 0. The van der Waals surface area contributed by atoms with Crippen LogP contribution in [0.5, 0.6) is 0 Å². The molecule has 0 radical (unpaired) electrons. The number of carbonyl (C=O) groups excluding carboxylic acids is 1. The Balaban J connectivity index is 1.69. The highest BCUT2D eigenvalue weighted by atomic mass is 127. The predicted molar refractivity (Wildman–Crippen MR) is 75.0 cm³/mol. The van der Waals surface area contributed by atoms with Crippen molar-refractivity contribution in [1.82, 2.24) is 0 Å². The molecule has 0 aliphatic heterocycles. The van der Waals surface area contributed by atoms with E-state index < -0.39 is 0 Å². The van der Waals surface area contributed by atoms with Crippen molar-refractivity contribution in [2.75, 3.05) is 0 Å². The number of fused-ring (bicyclic) bond motifs is 5. The molecule has 0 N–H and O–H groups in total. The fourth-order valence-electron chi connectivity index (χ4n) is 4.50. The van der Waals surface area contributed by atoms with Gasteiger partial charge in [0.05, 0.1) is 0 Å². The standard InChI is InChI=1S/C14H21IO2/c1-3-12(15)13(16)17-14(2)7-8-6-11(14)10-5-4-9(8)10/h8-12H,3-7H2,1-2H3. The molecule has 0 amide bonds. The third kappa shape index (κ3) is 1.75. The van der Waals surface area contributed by atoms with Crippen molar-refractivity contribution in [2.24, 2.45) is 23.7 Å². The number of alkyl halides is 1. The minimum Gasteiger partial charge on any atom is -0.458 e. The molecule has 3 saturated carbocycles. The van der Waals surface area contributed by atoms with Crippen molar-refractivity contribution >= 4 is 28.6 Å². The Morgan fingerprint density at radius 3 is 2.71 bits per heavy atom. The first-order valence-electron chi connectivity index (χ1n) is 6.92. The van der Waals surface area contributed by atoms with Crippen LogP contribution in [0.4, 0.5) is 0 Å². The lowest BCUT2D eigenvalue weighted by molar-refractivity contribution is -0.169. The number of ether oxygens (including phenoxy) is 1. The minimum absolute atomic E-state index is 0.0130. The largest absolute Gasteiger partial charge is 0.458 e. The summed E-state index contributed by atoms with van der Waals surface area (Å²) in [5.74, 6) is 3.38. The second-order valence-electron chi connectivity index (χ2n) is 6.32. The Bertz CT molecular complexity index is 341. The second kappa shape index (κ2) is 4.10. The molecule has 3 aliphatic rings. The van der Waals surface area contributed by atoms with Crippen LogP contribution in [-0.2, 0) is 9.53 Å². The van der Waals surface area contributed by atoms with E-state index in [2.05, 4.69) is 29.5 Å². The minimum atomic E-state index is -0.137. The average molecular weight is 348 g/mol. The molecule has 2 bridgehead atoms. The predicted octanol–water partition coefficient (Wildman–Crippen LogP) is 3.57. The number of esters is 1. The summed E-state index contributed by atoms with van der Waals surface area (Å²) < 4.78 is 5.92. The number of hydrogen-bond donors (Lipinski definition) is 0. The van der Waals surface area contributed by atoms with Gasteiger partial charge in [0.15, 0.2) is 0 Å². The third-order valence-electron chi connectivity index (χ3n) is 5.46. The Kier molecular flexibility index (Phi) is 2.96. The van der Waals surface area contributed by atoms with Gasteiger partial charge >= 0.3 is 5.97 Å². The summed E-state index contributed by atoms with van der Waals surface area (Å²) in [6, 6.07) is 0. The lowest BCUT2D eigenvalue weighted by atomic mass is 9.61. The van der Waals surface area contributed by atoms with Gasteiger partial charge in [-0.3, -0.25) is 4.79 Å². The molecule has 0 aromatic carbocycles. The van der Waals surface area contributed by atoms with Crippen LogP contribution in [0.15, 0.2) is 0 Å². The van der Waals surface area contributed by atoms with Crippen LogP contribution in [0.25, 0.3) is 0 Å². The number of rotatable bonds is 3. The van der Waals surface area contributed by atoms with Crippen LogP contribution in [-0.4, -0.2) is 15.5 Å². The zero-order valence-electron chi connectivity index (χ0n) is 10.6. The molecule has 3 fully saturated rings. The molecular weight excluding hydrogens is 327 g/mol. The van der Waals surface area contributed by atoms with Gasteiger partial charge in [-0.1, -0.05) is 29.5 Å². The molecule has 6 unspecified atom stereocenters.